The maximum atomic E-state index is 12.8. The predicted molar refractivity (Wildman–Crippen MR) is 70.7 cm³/mol. The number of amides is 1. The van der Waals surface area contributed by atoms with Gasteiger partial charge in [-0.3, -0.25) is 4.79 Å². The summed E-state index contributed by atoms with van der Waals surface area (Å²) < 4.78 is 0. The normalized spacial score (nSPS) is 25.3. The number of hydrogen-bond acceptors (Lipinski definition) is 4. The molecule has 0 aromatic rings. The molecule has 6 nitrogen and oxygen atoms in total. The third-order valence-corrected chi connectivity index (χ3v) is 4.47. The molecule has 0 spiro atoms. The SMILES string of the molecule is NC(=NO)C1(C(=O)N2CCC(O)CC2)CCCCC1. The number of aliphatic hydroxyl groups is 1. The fourth-order valence-corrected chi connectivity index (χ4v) is 3.20. The molecule has 0 unspecified atom stereocenters. The second-order valence-electron chi connectivity index (χ2n) is 5.65. The summed E-state index contributed by atoms with van der Waals surface area (Å²) >= 11 is 0. The molecule has 1 aliphatic carbocycles. The quantitative estimate of drug-likeness (QED) is 0.297. The van der Waals surface area contributed by atoms with Crippen molar-refractivity contribution < 1.29 is 15.1 Å². The first-order valence-electron chi connectivity index (χ1n) is 7.05. The molecule has 0 aromatic heterocycles. The molecule has 2 rings (SSSR count). The summed E-state index contributed by atoms with van der Waals surface area (Å²) in [5.41, 5.74) is 5.00. The van der Waals surface area contributed by atoms with Gasteiger partial charge in [-0.05, 0) is 25.7 Å². The maximum Gasteiger partial charge on any atom is 0.236 e. The first-order chi connectivity index (χ1) is 9.10. The van der Waals surface area contributed by atoms with Crippen molar-refractivity contribution in [2.45, 2.75) is 51.0 Å². The largest absolute Gasteiger partial charge is 0.409 e. The van der Waals surface area contributed by atoms with Crippen LogP contribution in [0.15, 0.2) is 5.16 Å². The molecule has 1 heterocycles. The molecular weight excluding hydrogens is 246 g/mol. The molecule has 0 bridgehead atoms. The van der Waals surface area contributed by atoms with E-state index in [4.69, 9.17) is 10.9 Å². The Hall–Kier alpha value is -1.30. The highest BCUT2D eigenvalue weighted by Crippen LogP contribution is 2.38. The minimum absolute atomic E-state index is 0.0330. The molecule has 4 N–H and O–H groups in total. The van der Waals surface area contributed by atoms with Crippen molar-refractivity contribution in [3.8, 4) is 0 Å². The number of nitrogens with two attached hydrogens (primary N) is 1. The number of oxime groups is 1. The van der Waals surface area contributed by atoms with E-state index in [0.29, 0.717) is 38.8 Å². The highest BCUT2D eigenvalue weighted by Gasteiger charge is 2.46. The molecule has 19 heavy (non-hydrogen) atoms. The van der Waals surface area contributed by atoms with Crippen molar-refractivity contribution in [2.24, 2.45) is 16.3 Å². The van der Waals surface area contributed by atoms with Gasteiger partial charge in [0.05, 0.1) is 6.10 Å². The highest BCUT2D eigenvalue weighted by molar-refractivity contribution is 6.06. The van der Waals surface area contributed by atoms with Crippen molar-refractivity contribution in [1.82, 2.24) is 4.90 Å². The van der Waals surface area contributed by atoms with Gasteiger partial charge in [-0.2, -0.15) is 0 Å². The fraction of sp³-hybridized carbons (Fsp3) is 0.846. The molecule has 1 saturated carbocycles. The number of carbonyl (C=O) groups excluding carboxylic acids is 1. The number of rotatable bonds is 2. The molecule has 0 aromatic carbocycles. The number of piperidine rings is 1. The van der Waals surface area contributed by atoms with E-state index in [-0.39, 0.29) is 17.8 Å². The van der Waals surface area contributed by atoms with E-state index >= 15 is 0 Å². The maximum absolute atomic E-state index is 12.8. The Morgan fingerprint density at radius 1 is 1.21 bits per heavy atom. The fourth-order valence-electron chi connectivity index (χ4n) is 3.20. The molecule has 1 aliphatic heterocycles. The number of nitrogens with zero attached hydrogens (tertiary/aromatic N) is 2. The Morgan fingerprint density at radius 2 is 1.79 bits per heavy atom. The zero-order valence-electron chi connectivity index (χ0n) is 11.2. The molecule has 2 fully saturated rings. The summed E-state index contributed by atoms with van der Waals surface area (Å²) in [5, 5.41) is 21.6. The smallest absolute Gasteiger partial charge is 0.236 e. The topological polar surface area (TPSA) is 99.2 Å². The lowest BCUT2D eigenvalue weighted by molar-refractivity contribution is -0.142. The minimum atomic E-state index is -0.824. The molecular formula is C13H23N3O3. The van der Waals surface area contributed by atoms with Crippen LogP contribution in [0, 0.1) is 5.41 Å². The third kappa shape index (κ3) is 2.68. The lowest BCUT2D eigenvalue weighted by Gasteiger charge is -2.40. The standard InChI is InChI=1S/C13H23N3O3/c14-11(15-19)13(6-2-1-3-7-13)12(18)16-8-4-10(17)5-9-16/h10,17,19H,1-9H2,(H2,14,15). The van der Waals surface area contributed by atoms with Gasteiger partial charge in [-0.25, -0.2) is 0 Å². The van der Waals surface area contributed by atoms with Gasteiger partial charge in [0.2, 0.25) is 5.91 Å². The number of amidine groups is 1. The van der Waals surface area contributed by atoms with Crippen LogP contribution in [-0.4, -0.2) is 46.1 Å². The van der Waals surface area contributed by atoms with Crippen LogP contribution in [0.25, 0.3) is 0 Å². The highest BCUT2D eigenvalue weighted by atomic mass is 16.4. The summed E-state index contributed by atoms with van der Waals surface area (Å²) in [6.45, 7) is 1.11. The van der Waals surface area contributed by atoms with Crippen LogP contribution in [0.2, 0.25) is 0 Å². The van der Waals surface area contributed by atoms with Gasteiger partial charge in [0.25, 0.3) is 0 Å². The molecule has 108 valence electrons. The first kappa shape index (κ1) is 14.1. The van der Waals surface area contributed by atoms with E-state index in [0.717, 1.165) is 19.3 Å². The Balaban J connectivity index is 2.16. The van der Waals surface area contributed by atoms with Crippen molar-refractivity contribution in [3.63, 3.8) is 0 Å². The zero-order chi connectivity index (χ0) is 13.9. The van der Waals surface area contributed by atoms with Gasteiger partial charge in [-0.1, -0.05) is 24.4 Å². The number of carbonyl (C=O) groups is 1. The van der Waals surface area contributed by atoms with Crippen LogP contribution < -0.4 is 5.73 Å². The first-order valence-corrected chi connectivity index (χ1v) is 7.05. The van der Waals surface area contributed by atoms with Crippen LogP contribution in [0.4, 0.5) is 0 Å². The van der Waals surface area contributed by atoms with E-state index in [2.05, 4.69) is 5.16 Å². The van der Waals surface area contributed by atoms with Crippen LogP contribution in [0.1, 0.15) is 44.9 Å². The van der Waals surface area contributed by atoms with E-state index in [1.807, 2.05) is 0 Å². The lowest BCUT2D eigenvalue weighted by atomic mass is 9.72. The van der Waals surface area contributed by atoms with Crippen molar-refractivity contribution in [2.75, 3.05) is 13.1 Å². The molecule has 1 amide bonds. The summed E-state index contributed by atoms with van der Waals surface area (Å²) in [6.07, 6.45) is 5.16. The summed E-state index contributed by atoms with van der Waals surface area (Å²) in [4.78, 5) is 14.5. The van der Waals surface area contributed by atoms with Gasteiger partial charge < -0.3 is 20.9 Å². The van der Waals surface area contributed by atoms with Crippen molar-refractivity contribution >= 4 is 11.7 Å². The van der Waals surface area contributed by atoms with Crippen LogP contribution in [0.5, 0.6) is 0 Å². The zero-order valence-corrected chi connectivity index (χ0v) is 11.2. The average molecular weight is 269 g/mol. The average Bonchev–Trinajstić information content (AvgIpc) is 2.47. The molecule has 2 aliphatic rings. The van der Waals surface area contributed by atoms with Gasteiger partial charge in [0.15, 0.2) is 5.84 Å². The molecule has 0 atom stereocenters. The van der Waals surface area contributed by atoms with E-state index in [1.54, 1.807) is 4.90 Å². The lowest BCUT2D eigenvalue weighted by Crippen LogP contribution is -2.54. The number of hydrogen-bond donors (Lipinski definition) is 3. The van der Waals surface area contributed by atoms with Crippen LogP contribution >= 0.6 is 0 Å². The summed E-state index contributed by atoms with van der Waals surface area (Å²) in [7, 11) is 0. The number of aliphatic hydroxyl groups excluding tert-OH is 1. The van der Waals surface area contributed by atoms with Gasteiger partial charge >= 0.3 is 0 Å². The Labute approximate surface area is 113 Å². The van der Waals surface area contributed by atoms with Gasteiger partial charge in [0.1, 0.15) is 5.41 Å². The second kappa shape index (κ2) is 5.77. The Kier molecular flexibility index (Phi) is 4.29. The number of likely N-dealkylation sites (tertiary alicyclic amines) is 1. The van der Waals surface area contributed by atoms with Crippen LogP contribution in [-0.2, 0) is 4.79 Å². The van der Waals surface area contributed by atoms with Gasteiger partial charge in [0, 0.05) is 13.1 Å². The Morgan fingerprint density at radius 3 is 2.32 bits per heavy atom. The predicted octanol–water partition coefficient (Wildman–Crippen LogP) is 0.667. The van der Waals surface area contributed by atoms with E-state index in [9.17, 15) is 9.90 Å². The Bertz CT molecular complexity index is 356. The second-order valence-corrected chi connectivity index (χ2v) is 5.65. The van der Waals surface area contributed by atoms with Crippen molar-refractivity contribution in [3.05, 3.63) is 0 Å². The molecule has 6 heteroatoms. The summed E-state index contributed by atoms with van der Waals surface area (Å²) in [5.74, 6) is 0.0118. The van der Waals surface area contributed by atoms with Gasteiger partial charge in [-0.15, -0.1) is 0 Å². The van der Waals surface area contributed by atoms with E-state index in [1.165, 1.54) is 0 Å². The summed E-state index contributed by atoms with van der Waals surface area (Å²) in [6, 6.07) is 0. The van der Waals surface area contributed by atoms with E-state index < -0.39 is 5.41 Å². The van der Waals surface area contributed by atoms with Crippen LogP contribution in [0.3, 0.4) is 0 Å². The molecule has 1 saturated heterocycles. The minimum Gasteiger partial charge on any atom is -0.409 e. The molecule has 0 radical (unpaired) electrons. The van der Waals surface area contributed by atoms with Crippen molar-refractivity contribution in [1.29, 1.82) is 0 Å². The monoisotopic (exact) mass is 269 g/mol. The third-order valence-electron chi connectivity index (χ3n) is 4.47.